The van der Waals surface area contributed by atoms with E-state index in [9.17, 15) is 0 Å². The van der Waals surface area contributed by atoms with Crippen LogP contribution in [0.4, 0.5) is 0 Å². The predicted octanol–water partition coefficient (Wildman–Crippen LogP) is 2.83. The van der Waals surface area contributed by atoms with Crippen LogP contribution >= 0.6 is 0 Å². The van der Waals surface area contributed by atoms with Gasteiger partial charge in [0.25, 0.3) is 0 Å². The summed E-state index contributed by atoms with van der Waals surface area (Å²) in [5.41, 5.74) is 0.0238. The number of methoxy groups -OCH3 is 1. The van der Waals surface area contributed by atoms with E-state index in [-0.39, 0.29) is 5.60 Å². The molecule has 0 spiro atoms. The maximum Gasteiger partial charge on any atom is 0.0634 e. The third kappa shape index (κ3) is 4.98. The van der Waals surface area contributed by atoms with Gasteiger partial charge in [-0.1, -0.05) is 13.3 Å². The summed E-state index contributed by atoms with van der Waals surface area (Å²) >= 11 is 0. The molecule has 0 radical (unpaired) electrons. The molecule has 0 aromatic rings. The Hall–Kier alpha value is -0.0800. The van der Waals surface area contributed by atoms with Crippen LogP contribution in [0.5, 0.6) is 0 Å². The van der Waals surface area contributed by atoms with Gasteiger partial charge in [0.15, 0.2) is 0 Å². The van der Waals surface area contributed by atoms with E-state index < -0.39 is 0 Å². The normalized spacial score (nSPS) is 27.2. The van der Waals surface area contributed by atoms with E-state index in [1.165, 1.54) is 25.8 Å². The van der Waals surface area contributed by atoms with Gasteiger partial charge in [0, 0.05) is 7.11 Å². The van der Waals surface area contributed by atoms with Crippen LogP contribution in [0.25, 0.3) is 0 Å². The van der Waals surface area contributed by atoms with Gasteiger partial charge in [-0.2, -0.15) is 0 Å². The van der Waals surface area contributed by atoms with Crippen LogP contribution in [0.1, 0.15) is 46.5 Å². The minimum atomic E-state index is 0.0238. The van der Waals surface area contributed by atoms with Crippen molar-refractivity contribution in [1.82, 2.24) is 5.32 Å². The molecule has 1 rings (SSSR count). The van der Waals surface area contributed by atoms with Crippen molar-refractivity contribution >= 4 is 0 Å². The van der Waals surface area contributed by atoms with Crippen LogP contribution in [0.2, 0.25) is 0 Å². The summed E-state index contributed by atoms with van der Waals surface area (Å²) in [7, 11) is 1.79. The van der Waals surface area contributed by atoms with E-state index in [2.05, 4.69) is 26.1 Å². The molecule has 2 unspecified atom stereocenters. The Labute approximate surface area is 94.8 Å². The van der Waals surface area contributed by atoms with E-state index in [0.717, 1.165) is 24.8 Å². The molecule has 2 nitrogen and oxygen atoms in total. The van der Waals surface area contributed by atoms with Crippen LogP contribution in [-0.2, 0) is 4.74 Å². The minimum absolute atomic E-state index is 0.0238. The zero-order chi connectivity index (χ0) is 11.3. The molecular weight excluding hydrogens is 186 g/mol. The topological polar surface area (TPSA) is 21.3 Å². The van der Waals surface area contributed by atoms with Crippen LogP contribution in [0, 0.1) is 11.8 Å². The largest absolute Gasteiger partial charge is 0.379 e. The second-order valence-corrected chi connectivity index (χ2v) is 5.70. The van der Waals surface area contributed by atoms with Gasteiger partial charge in [-0.05, 0) is 58.0 Å². The van der Waals surface area contributed by atoms with Gasteiger partial charge >= 0.3 is 0 Å². The molecule has 0 heterocycles. The second kappa shape index (κ2) is 5.86. The fourth-order valence-corrected chi connectivity index (χ4v) is 2.31. The van der Waals surface area contributed by atoms with Crippen molar-refractivity contribution in [3.63, 3.8) is 0 Å². The average Bonchev–Trinajstić information content (AvgIpc) is 2.59. The number of nitrogens with one attached hydrogen (secondary N) is 1. The van der Waals surface area contributed by atoms with E-state index in [1.54, 1.807) is 7.11 Å². The quantitative estimate of drug-likeness (QED) is 0.685. The number of ether oxygens (including phenoxy) is 1. The standard InChI is InChI=1S/C13H27NO/c1-11-5-6-12(9-11)10-14-8-7-13(2,3)15-4/h11-12,14H,5-10H2,1-4H3. The molecule has 2 atom stereocenters. The summed E-state index contributed by atoms with van der Waals surface area (Å²) in [5, 5.41) is 3.56. The van der Waals surface area contributed by atoms with Crippen LogP contribution in [0.15, 0.2) is 0 Å². The van der Waals surface area contributed by atoms with E-state index in [4.69, 9.17) is 4.74 Å². The number of hydrogen-bond acceptors (Lipinski definition) is 2. The predicted molar refractivity (Wildman–Crippen MR) is 65.1 cm³/mol. The van der Waals surface area contributed by atoms with Gasteiger partial charge in [-0.25, -0.2) is 0 Å². The maximum atomic E-state index is 5.39. The third-order valence-electron chi connectivity index (χ3n) is 3.69. The highest BCUT2D eigenvalue weighted by molar-refractivity contribution is 4.75. The van der Waals surface area contributed by atoms with Gasteiger partial charge in [-0.3, -0.25) is 0 Å². The molecule has 15 heavy (non-hydrogen) atoms. The molecule has 0 aromatic carbocycles. The Balaban J connectivity index is 2.02. The SMILES string of the molecule is COC(C)(C)CCNCC1CCC(C)C1. The molecule has 1 N–H and O–H groups in total. The van der Waals surface area contributed by atoms with Crippen molar-refractivity contribution in [3.05, 3.63) is 0 Å². The Morgan fingerprint density at radius 2 is 2.07 bits per heavy atom. The Bertz CT molecular complexity index is 179. The molecule has 0 bridgehead atoms. The maximum absolute atomic E-state index is 5.39. The van der Waals surface area contributed by atoms with Crippen molar-refractivity contribution in [2.75, 3.05) is 20.2 Å². The van der Waals surface area contributed by atoms with Crippen LogP contribution in [0.3, 0.4) is 0 Å². The van der Waals surface area contributed by atoms with Gasteiger partial charge in [0.05, 0.1) is 5.60 Å². The van der Waals surface area contributed by atoms with Gasteiger partial charge in [0.2, 0.25) is 0 Å². The molecule has 1 aliphatic carbocycles. The fourth-order valence-electron chi connectivity index (χ4n) is 2.31. The van der Waals surface area contributed by atoms with Crippen molar-refractivity contribution in [1.29, 1.82) is 0 Å². The summed E-state index contributed by atoms with van der Waals surface area (Å²) in [6, 6.07) is 0. The lowest BCUT2D eigenvalue weighted by Gasteiger charge is -2.23. The highest BCUT2D eigenvalue weighted by Gasteiger charge is 2.21. The first-order valence-corrected chi connectivity index (χ1v) is 6.29. The lowest BCUT2D eigenvalue weighted by atomic mass is 10.0. The summed E-state index contributed by atoms with van der Waals surface area (Å²) < 4.78 is 5.39. The molecule has 2 heteroatoms. The molecule has 0 amide bonds. The minimum Gasteiger partial charge on any atom is -0.379 e. The first kappa shape index (κ1) is 13.0. The molecule has 1 aliphatic rings. The lowest BCUT2D eigenvalue weighted by molar-refractivity contribution is 0.0157. The van der Waals surface area contributed by atoms with Gasteiger partial charge in [-0.15, -0.1) is 0 Å². The van der Waals surface area contributed by atoms with Gasteiger partial charge in [0.1, 0.15) is 0 Å². The molecule has 1 saturated carbocycles. The van der Waals surface area contributed by atoms with Crippen molar-refractivity contribution in [3.8, 4) is 0 Å². The number of rotatable bonds is 6. The fraction of sp³-hybridized carbons (Fsp3) is 1.00. The van der Waals surface area contributed by atoms with E-state index in [0.29, 0.717) is 0 Å². The summed E-state index contributed by atoms with van der Waals surface area (Å²) in [6.45, 7) is 8.93. The molecule has 1 fully saturated rings. The summed E-state index contributed by atoms with van der Waals surface area (Å²) in [5.74, 6) is 1.87. The first-order chi connectivity index (χ1) is 7.03. The van der Waals surface area contributed by atoms with Crippen LogP contribution < -0.4 is 5.32 Å². The molecular formula is C13H27NO. The highest BCUT2D eigenvalue weighted by Crippen LogP contribution is 2.29. The smallest absolute Gasteiger partial charge is 0.0634 e. The van der Waals surface area contributed by atoms with Crippen molar-refractivity contribution in [2.24, 2.45) is 11.8 Å². The van der Waals surface area contributed by atoms with E-state index in [1.807, 2.05) is 0 Å². The molecule has 90 valence electrons. The molecule has 0 aromatic heterocycles. The van der Waals surface area contributed by atoms with Crippen molar-refractivity contribution < 1.29 is 4.74 Å². The zero-order valence-corrected chi connectivity index (χ0v) is 10.8. The summed E-state index contributed by atoms with van der Waals surface area (Å²) in [4.78, 5) is 0. The monoisotopic (exact) mass is 213 g/mol. The number of hydrogen-bond donors (Lipinski definition) is 1. The summed E-state index contributed by atoms with van der Waals surface area (Å²) in [6.07, 6.45) is 5.35. The average molecular weight is 213 g/mol. The molecule has 0 aliphatic heterocycles. The molecule has 0 saturated heterocycles. The lowest BCUT2D eigenvalue weighted by Crippen LogP contribution is -2.30. The Morgan fingerprint density at radius 3 is 2.60 bits per heavy atom. The third-order valence-corrected chi connectivity index (χ3v) is 3.69. The zero-order valence-electron chi connectivity index (χ0n) is 10.8. The second-order valence-electron chi connectivity index (χ2n) is 5.70. The van der Waals surface area contributed by atoms with Gasteiger partial charge < -0.3 is 10.1 Å². The Kier molecular flexibility index (Phi) is 5.07. The van der Waals surface area contributed by atoms with Crippen LogP contribution in [-0.4, -0.2) is 25.8 Å². The highest BCUT2D eigenvalue weighted by atomic mass is 16.5. The Morgan fingerprint density at radius 1 is 1.33 bits per heavy atom. The van der Waals surface area contributed by atoms with E-state index >= 15 is 0 Å². The van der Waals surface area contributed by atoms with Crippen molar-refractivity contribution in [2.45, 2.75) is 52.1 Å². The first-order valence-electron chi connectivity index (χ1n) is 6.29.